The van der Waals surface area contributed by atoms with Crippen LogP contribution in [0.2, 0.25) is 0 Å². The lowest BCUT2D eigenvalue weighted by Gasteiger charge is -2.38. The van der Waals surface area contributed by atoms with Gasteiger partial charge in [-0.25, -0.2) is 0 Å². The van der Waals surface area contributed by atoms with Crippen molar-refractivity contribution in [1.29, 1.82) is 0 Å². The number of carbonyl (C=O) groups is 2. The fourth-order valence-electron chi connectivity index (χ4n) is 3.25. The lowest BCUT2D eigenvalue weighted by atomic mass is 9.97. The van der Waals surface area contributed by atoms with Crippen LogP contribution in [-0.2, 0) is 9.59 Å². The Balaban J connectivity index is 1.54. The maximum Gasteiger partial charge on any atom is 0.242 e. The Hall–Kier alpha value is -1.10. The smallest absolute Gasteiger partial charge is 0.242 e. The zero-order valence-corrected chi connectivity index (χ0v) is 11.4. The maximum absolute atomic E-state index is 12.4. The summed E-state index contributed by atoms with van der Waals surface area (Å²) < 4.78 is 0. The number of hydrogen-bond acceptors (Lipinski definition) is 3. The van der Waals surface area contributed by atoms with Gasteiger partial charge in [0.2, 0.25) is 11.8 Å². The lowest BCUT2D eigenvalue weighted by Crippen LogP contribution is -2.59. The van der Waals surface area contributed by atoms with Crippen molar-refractivity contribution in [2.45, 2.75) is 44.1 Å². The summed E-state index contributed by atoms with van der Waals surface area (Å²) in [5.41, 5.74) is 5.59. The number of carbonyl (C=O) groups excluding carboxylic acids is 2. The minimum Gasteiger partial charge on any atom is -0.339 e. The second-order valence-electron chi connectivity index (χ2n) is 6.26. The summed E-state index contributed by atoms with van der Waals surface area (Å²) >= 11 is 0. The minimum atomic E-state index is -0.622. The number of nitrogens with two attached hydrogens (primary N) is 1. The van der Waals surface area contributed by atoms with Gasteiger partial charge in [-0.2, -0.15) is 0 Å². The van der Waals surface area contributed by atoms with E-state index in [0.717, 1.165) is 38.5 Å². The van der Waals surface area contributed by atoms with Crippen molar-refractivity contribution >= 4 is 11.8 Å². The van der Waals surface area contributed by atoms with Crippen molar-refractivity contribution in [1.82, 2.24) is 9.80 Å². The Morgan fingerprint density at radius 3 is 2.00 bits per heavy atom. The summed E-state index contributed by atoms with van der Waals surface area (Å²) in [6, 6.07) is 0. The quantitative estimate of drug-likeness (QED) is 0.783. The Morgan fingerprint density at radius 2 is 1.47 bits per heavy atom. The lowest BCUT2D eigenvalue weighted by molar-refractivity contribution is -0.143. The average Bonchev–Trinajstić information content (AvgIpc) is 3.19. The van der Waals surface area contributed by atoms with Crippen LogP contribution in [0.15, 0.2) is 0 Å². The number of nitrogens with zero attached hydrogens (tertiary/aromatic N) is 2. The highest BCUT2D eigenvalue weighted by atomic mass is 16.2. The van der Waals surface area contributed by atoms with Gasteiger partial charge in [0.25, 0.3) is 0 Å². The maximum atomic E-state index is 12.4. The summed E-state index contributed by atoms with van der Waals surface area (Å²) in [6.45, 7) is 2.65. The van der Waals surface area contributed by atoms with Crippen molar-refractivity contribution in [2.24, 2.45) is 11.7 Å². The van der Waals surface area contributed by atoms with Gasteiger partial charge in [-0.05, 0) is 25.7 Å². The molecule has 2 aliphatic carbocycles. The molecule has 0 aromatic heterocycles. The number of amides is 2. The molecule has 2 amide bonds. The van der Waals surface area contributed by atoms with Crippen molar-refractivity contribution < 1.29 is 9.59 Å². The van der Waals surface area contributed by atoms with E-state index in [1.165, 1.54) is 0 Å². The fourth-order valence-corrected chi connectivity index (χ4v) is 3.25. The first-order valence-corrected chi connectivity index (χ1v) is 7.47. The van der Waals surface area contributed by atoms with Crippen molar-refractivity contribution in [3.8, 4) is 0 Å². The van der Waals surface area contributed by atoms with E-state index in [1.807, 2.05) is 9.80 Å². The van der Waals surface area contributed by atoms with Crippen LogP contribution in [0.5, 0.6) is 0 Å². The van der Waals surface area contributed by atoms with Crippen LogP contribution in [0.1, 0.15) is 38.5 Å². The van der Waals surface area contributed by atoms with E-state index >= 15 is 0 Å². The van der Waals surface area contributed by atoms with Crippen LogP contribution in [0.3, 0.4) is 0 Å². The third kappa shape index (κ3) is 2.48. The van der Waals surface area contributed by atoms with E-state index in [2.05, 4.69) is 0 Å². The molecule has 3 aliphatic rings. The van der Waals surface area contributed by atoms with Gasteiger partial charge in [0.15, 0.2) is 0 Å². The molecule has 2 saturated carbocycles. The van der Waals surface area contributed by atoms with Crippen molar-refractivity contribution in [2.75, 3.05) is 26.2 Å². The third-order valence-electron chi connectivity index (χ3n) is 4.73. The van der Waals surface area contributed by atoms with Crippen LogP contribution in [0.4, 0.5) is 0 Å². The van der Waals surface area contributed by atoms with Gasteiger partial charge in [-0.15, -0.1) is 0 Å². The molecule has 0 radical (unpaired) electrons. The molecule has 1 aliphatic heterocycles. The number of piperazine rings is 1. The Kier molecular flexibility index (Phi) is 3.25. The van der Waals surface area contributed by atoms with E-state index < -0.39 is 5.54 Å². The highest BCUT2D eigenvalue weighted by molar-refractivity contribution is 5.87. The zero-order chi connectivity index (χ0) is 13.5. The summed E-state index contributed by atoms with van der Waals surface area (Å²) in [5, 5.41) is 0. The zero-order valence-electron chi connectivity index (χ0n) is 11.4. The molecule has 0 aromatic carbocycles. The Bertz CT molecular complexity index is 378. The molecule has 1 saturated heterocycles. The van der Waals surface area contributed by atoms with Crippen molar-refractivity contribution in [3.63, 3.8) is 0 Å². The molecule has 0 atom stereocenters. The standard InChI is InChI=1S/C14H23N3O2/c15-14(5-1-2-6-14)13(19)17-9-7-16(8-10-17)12(18)11-3-4-11/h11H,1-10,15H2. The summed E-state index contributed by atoms with van der Waals surface area (Å²) in [4.78, 5) is 28.2. The molecule has 2 N–H and O–H groups in total. The molecule has 3 rings (SSSR count). The highest BCUT2D eigenvalue weighted by Gasteiger charge is 2.41. The molecule has 3 fully saturated rings. The van der Waals surface area contributed by atoms with E-state index in [9.17, 15) is 9.59 Å². The predicted octanol–water partition coefficient (Wildman–Crippen LogP) is 0.339. The van der Waals surface area contributed by atoms with Crippen LogP contribution < -0.4 is 5.73 Å². The summed E-state index contributed by atoms with van der Waals surface area (Å²) in [5.74, 6) is 0.664. The normalized spacial score (nSPS) is 26.6. The van der Waals surface area contributed by atoms with Crippen LogP contribution in [0, 0.1) is 5.92 Å². The Labute approximate surface area is 114 Å². The predicted molar refractivity (Wildman–Crippen MR) is 71.3 cm³/mol. The first kappa shape index (κ1) is 12.9. The second-order valence-corrected chi connectivity index (χ2v) is 6.26. The van der Waals surface area contributed by atoms with Gasteiger partial charge in [0.1, 0.15) is 0 Å². The fraction of sp³-hybridized carbons (Fsp3) is 0.857. The van der Waals surface area contributed by atoms with Gasteiger partial charge in [0.05, 0.1) is 5.54 Å². The molecule has 0 aromatic rings. The van der Waals surface area contributed by atoms with E-state index in [0.29, 0.717) is 26.2 Å². The number of hydrogen-bond donors (Lipinski definition) is 1. The summed E-state index contributed by atoms with van der Waals surface area (Å²) in [7, 11) is 0. The molecule has 5 heteroatoms. The largest absolute Gasteiger partial charge is 0.339 e. The SMILES string of the molecule is NC1(C(=O)N2CCN(C(=O)C3CC3)CC2)CCCC1. The molecule has 19 heavy (non-hydrogen) atoms. The summed E-state index contributed by atoms with van der Waals surface area (Å²) in [6.07, 6.45) is 5.83. The molecule has 1 heterocycles. The van der Waals surface area contributed by atoms with Gasteiger partial charge >= 0.3 is 0 Å². The molecule has 0 unspecified atom stereocenters. The van der Waals surface area contributed by atoms with Gasteiger partial charge in [0, 0.05) is 32.1 Å². The van der Waals surface area contributed by atoms with E-state index in [4.69, 9.17) is 5.73 Å². The Morgan fingerprint density at radius 1 is 0.947 bits per heavy atom. The third-order valence-corrected chi connectivity index (χ3v) is 4.73. The topological polar surface area (TPSA) is 66.6 Å². The molecule has 0 bridgehead atoms. The second kappa shape index (κ2) is 4.78. The monoisotopic (exact) mass is 265 g/mol. The van der Waals surface area contributed by atoms with Gasteiger partial charge in [-0.1, -0.05) is 12.8 Å². The first-order valence-electron chi connectivity index (χ1n) is 7.47. The van der Waals surface area contributed by atoms with Gasteiger partial charge in [-0.3, -0.25) is 9.59 Å². The molecular formula is C14H23N3O2. The molecule has 106 valence electrons. The first-order chi connectivity index (χ1) is 9.10. The molecule has 0 spiro atoms. The van der Waals surface area contributed by atoms with Crippen molar-refractivity contribution in [3.05, 3.63) is 0 Å². The molecular weight excluding hydrogens is 242 g/mol. The van der Waals surface area contributed by atoms with Gasteiger partial charge < -0.3 is 15.5 Å². The van der Waals surface area contributed by atoms with E-state index in [1.54, 1.807) is 0 Å². The van der Waals surface area contributed by atoms with Crippen LogP contribution >= 0.6 is 0 Å². The van der Waals surface area contributed by atoms with E-state index in [-0.39, 0.29) is 17.7 Å². The number of rotatable bonds is 2. The highest BCUT2D eigenvalue weighted by Crippen LogP contribution is 2.32. The van der Waals surface area contributed by atoms with Crippen LogP contribution in [-0.4, -0.2) is 53.3 Å². The van der Waals surface area contributed by atoms with Crippen LogP contribution in [0.25, 0.3) is 0 Å². The molecule has 5 nitrogen and oxygen atoms in total. The minimum absolute atomic E-state index is 0.100. The average molecular weight is 265 g/mol.